The largest absolute Gasteiger partial charge is 0.481 e. The number of aliphatic carboxylic acids is 1. The van der Waals surface area contributed by atoms with Gasteiger partial charge in [-0.05, 0) is 13.3 Å². The minimum absolute atomic E-state index is 0.0263. The third-order valence-corrected chi connectivity index (χ3v) is 2.95. The smallest absolute Gasteiger partial charge is 0.313 e. The van der Waals surface area contributed by atoms with Crippen molar-refractivity contribution in [2.45, 2.75) is 25.3 Å². The summed E-state index contributed by atoms with van der Waals surface area (Å²) < 4.78 is 0. The minimum Gasteiger partial charge on any atom is -0.481 e. The van der Waals surface area contributed by atoms with Crippen LogP contribution >= 0.6 is 11.8 Å². The number of nitrogens with one attached hydrogen (secondary N) is 1. The van der Waals surface area contributed by atoms with Crippen LogP contribution in [-0.2, 0) is 11.2 Å². The van der Waals surface area contributed by atoms with E-state index in [1.165, 1.54) is 6.07 Å². The van der Waals surface area contributed by atoms with Crippen molar-refractivity contribution >= 4 is 17.7 Å². The molecule has 82 valence electrons. The van der Waals surface area contributed by atoms with Crippen LogP contribution < -0.4 is 5.43 Å². The predicted octanol–water partition coefficient (Wildman–Crippen LogP) is 1.42. The quantitative estimate of drug-likeness (QED) is 0.763. The van der Waals surface area contributed by atoms with Gasteiger partial charge in [-0.1, -0.05) is 18.7 Å². The van der Waals surface area contributed by atoms with Gasteiger partial charge in [0.25, 0.3) is 0 Å². The first-order valence-corrected chi connectivity index (χ1v) is 5.60. The van der Waals surface area contributed by atoms with Gasteiger partial charge < -0.3 is 10.1 Å². The van der Waals surface area contributed by atoms with E-state index in [9.17, 15) is 9.59 Å². The van der Waals surface area contributed by atoms with Crippen LogP contribution in [0.5, 0.6) is 0 Å². The SMILES string of the molecule is CCc1c(C)[nH]c(SCC(=O)O)cc1=O. The van der Waals surface area contributed by atoms with E-state index in [0.717, 1.165) is 23.0 Å². The fraction of sp³-hybridized carbons (Fsp3) is 0.400. The van der Waals surface area contributed by atoms with Crippen molar-refractivity contribution in [3.05, 3.63) is 27.5 Å². The second-order valence-electron chi connectivity index (χ2n) is 3.14. The number of aromatic nitrogens is 1. The topological polar surface area (TPSA) is 70.2 Å². The lowest BCUT2D eigenvalue weighted by atomic mass is 10.1. The summed E-state index contributed by atoms with van der Waals surface area (Å²) in [5, 5.41) is 9.11. The summed E-state index contributed by atoms with van der Waals surface area (Å²) in [5.41, 5.74) is 1.55. The Kier molecular flexibility index (Phi) is 3.96. The number of carbonyl (C=O) groups is 1. The van der Waals surface area contributed by atoms with Crippen molar-refractivity contribution < 1.29 is 9.90 Å². The molecule has 0 bridgehead atoms. The Morgan fingerprint density at radius 2 is 2.27 bits per heavy atom. The van der Waals surface area contributed by atoms with Crippen LogP contribution in [0, 0.1) is 6.92 Å². The molecule has 0 fully saturated rings. The molecule has 0 saturated heterocycles. The molecule has 5 heteroatoms. The summed E-state index contributed by atoms with van der Waals surface area (Å²) >= 11 is 1.12. The third kappa shape index (κ3) is 3.13. The van der Waals surface area contributed by atoms with E-state index in [1.54, 1.807) is 0 Å². The second-order valence-corrected chi connectivity index (χ2v) is 4.15. The number of carboxylic acid groups (broad SMARTS) is 1. The molecular formula is C10H13NO3S. The lowest BCUT2D eigenvalue weighted by molar-refractivity contribution is -0.133. The Hall–Kier alpha value is -1.23. The third-order valence-electron chi connectivity index (χ3n) is 2.03. The van der Waals surface area contributed by atoms with Crippen molar-refractivity contribution in [2.24, 2.45) is 0 Å². The zero-order valence-electron chi connectivity index (χ0n) is 8.66. The van der Waals surface area contributed by atoms with Crippen LogP contribution in [0.4, 0.5) is 0 Å². The van der Waals surface area contributed by atoms with E-state index in [-0.39, 0.29) is 11.2 Å². The Bertz CT molecular complexity index is 425. The highest BCUT2D eigenvalue weighted by Crippen LogP contribution is 2.14. The standard InChI is InChI=1S/C10H13NO3S/c1-3-7-6(2)11-9(4-8(7)12)15-5-10(13)14/h4H,3,5H2,1-2H3,(H,11,12)(H,13,14). The molecule has 1 rings (SSSR count). The molecule has 1 heterocycles. The maximum absolute atomic E-state index is 11.6. The first-order valence-electron chi connectivity index (χ1n) is 4.62. The van der Waals surface area contributed by atoms with Crippen molar-refractivity contribution in [3.8, 4) is 0 Å². The minimum atomic E-state index is -0.891. The maximum atomic E-state index is 11.6. The molecule has 15 heavy (non-hydrogen) atoms. The highest BCUT2D eigenvalue weighted by molar-refractivity contribution is 7.99. The molecule has 0 unspecified atom stereocenters. The maximum Gasteiger partial charge on any atom is 0.313 e. The van der Waals surface area contributed by atoms with Gasteiger partial charge in [-0.3, -0.25) is 9.59 Å². The molecule has 0 aliphatic rings. The van der Waals surface area contributed by atoms with E-state index in [0.29, 0.717) is 11.4 Å². The first kappa shape index (κ1) is 11.8. The van der Waals surface area contributed by atoms with E-state index >= 15 is 0 Å². The summed E-state index contributed by atoms with van der Waals surface area (Å²) in [6, 6.07) is 1.46. The number of pyridine rings is 1. The number of H-pyrrole nitrogens is 1. The zero-order chi connectivity index (χ0) is 11.4. The van der Waals surface area contributed by atoms with E-state index in [2.05, 4.69) is 4.98 Å². The van der Waals surface area contributed by atoms with Crippen LogP contribution in [0.3, 0.4) is 0 Å². The van der Waals surface area contributed by atoms with Crippen molar-refractivity contribution in [2.75, 3.05) is 5.75 Å². The van der Waals surface area contributed by atoms with Crippen molar-refractivity contribution in [3.63, 3.8) is 0 Å². The van der Waals surface area contributed by atoms with E-state index in [1.807, 2.05) is 13.8 Å². The second kappa shape index (κ2) is 5.02. The fourth-order valence-electron chi connectivity index (χ4n) is 1.34. The normalized spacial score (nSPS) is 10.3. The summed E-state index contributed by atoms with van der Waals surface area (Å²) in [4.78, 5) is 24.9. The van der Waals surface area contributed by atoms with Crippen molar-refractivity contribution in [1.29, 1.82) is 0 Å². The summed E-state index contributed by atoms with van der Waals surface area (Å²) in [6.45, 7) is 3.74. The first-order chi connectivity index (χ1) is 7.04. The summed E-state index contributed by atoms with van der Waals surface area (Å²) in [5.74, 6) is -0.931. The molecule has 0 aliphatic carbocycles. The van der Waals surface area contributed by atoms with Crippen LogP contribution in [0.2, 0.25) is 0 Å². The van der Waals surface area contributed by atoms with E-state index in [4.69, 9.17) is 5.11 Å². The number of hydrogen-bond acceptors (Lipinski definition) is 3. The molecule has 0 aromatic carbocycles. The van der Waals surface area contributed by atoms with Gasteiger partial charge in [0.1, 0.15) is 0 Å². The zero-order valence-corrected chi connectivity index (χ0v) is 9.48. The number of carboxylic acids is 1. The molecule has 4 nitrogen and oxygen atoms in total. The monoisotopic (exact) mass is 227 g/mol. The summed E-state index contributed by atoms with van der Waals surface area (Å²) in [6.07, 6.45) is 0.686. The predicted molar refractivity (Wildman–Crippen MR) is 59.5 cm³/mol. The highest BCUT2D eigenvalue weighted by atomic mass is 32.2. The van der Waals surface area contributed by atoms with Gasteiger partial charge in [0.2, 0.25) is 0 Å². The molecule has 0 radical (unpaired) electrons. The van der Waals surface area contributed by atoms with Crippen LogP contribution in [-0.4, -0.2) is 21.8 Å². The molecule has 0 aliphatic heterocycles. The lowest BCUT2D eigenvalue weighted by Crippen LogP contribution is -2.11. The molecule has 0 amide bonds. The van der Waals surface area contributed by atoms with Crippen LogP contribution in [0.15, 0.2) is 15.9 Å². The summed E-state index contributed by atoms with van der Waals surface area (Å²) in [7, 11) is 0. The molecule has 0 atom stereocenters. The average Bonchev–Trinajstić information content (AvgIpc) is 2.14. The Balaban J connectivity index is 2.94. The van der Waals surface area contributed by atoms with Gasteiger partial charge in [0.05, 0.1) is 10.8 Å². The van der Waals surface area contributed by atoms with Crippen molar-refractivity contribution in [1.82, 2.24) is 4.98 Å². The molecule has 2 N–H and O–H groups in total. The number of thioether (sulfide) groups is 1. The molecular weight excluding hydrogens is 214 g/mol. The van der Waals surface area contributed by atoms with E-state index < -0.39 is 5.97 Å². The average molecular weight is 227 g/mol. The van der Waals surface area contributed by atoms with Gasteiger partial charge in [-0.25, -0.2) is 0 Å². The number of aryl methyl sites for hydroxylation is 1. The number of aromatic amines is 1. The molecule has 0 spiro atoms. The highest BCUT2D eigenvalue weighted by Gasteiger charge is 2.06. The molecule has 1 aromatic rings. The number of rotatable bonds is 4. The Morgan fingerprint density at radius 1 is 1.60 bits per heavy atom. The number of hydrogen-bond donors (Lipinski definition) is 2. The van der Waals surface area contributed by atoms with Gasteiger partial charge in [0, 0.05) is 17.3 Å². The van der Waals surface area contributed by atoms with Gasteiger partial charge >= 0.3 is 5.97 Å². The van der Waals surface area contributed by atoms with Gasteiger partial charge in [0.15, 0.2) is 5.43 Å². The van der Waals surface area contributed by atoms with Crippen LogP contribution in [0.25, 0.3) is 0 Å². The lowest BCUT2D eigenvalue weighted by Gasteiger charge is -2.05. The van der Waals surface area contributed by atoms with Gasteiger partial charge in [-0.15, -0.1) is 0 Å². The molecule has 0 saturated carbocycles. The molecule has 1 aromatic heterocycles. The Labute approximate surface area is 91.7 Å². The van der Waals surface area contributed by atoms with Gasteiger partial charge in [-0.2, -0.15) is 0 Å². The Morgan fingerprint density at radius 3 is 2.73 bits per heavy atom. The fourth-order valence-corrected chi connectivity index (χ4v) is 2.04. The van der Waals surface area contributed by atoms with Crippen LogP contribution in [0.1, 0.15) is 18.2 Å².